The van der Waals surface area contributed by atoms with Crippen molar-refractivity contribution in [2.75, 3.05) is 13.1 Å². The predicted molar refractivity (Wildman–Crippen MR) is 74.6 cm³/mol. The van der Waals surface area contributed by atoms with Gasteiger partial charge in [0.15, 0.2) is 5.78 Å². The van der Waals surface area contributed by atoms with Crippen molar-refractivity contribution in [2.24, 2.45) is 5.73 Å². The van der Waals surface area contributed by atoms with Crippen LogP contribution in [0.3, 0.4) is 0 Å². The zero-order valence-corrected chi connectivity index (χ0v) is 11.7. The van der Waals surface area contributed by atoms with Crippen molar-refractivity contribution in [3.63, 3.8) is 0 Å². The molecule has 0 aromatic heterocycles. The van der Waals surface area contributed by atoms with Gasteiger partial charge >= 0.3 is 0 Å². The van der Waals surface area contributed by atoms with E-state index < -0.39 is 0 Å². The summed E-state index contributed by atoms with van der Waals surface area (Å²) in [5.74, 6) is -0.467. The molecule has 1 unspecified atom stereocenters. The number of benzene rings is 1. The summed E-state index contributed by atoms with van der Waals surface area (Å²) in [6, 6.07) is 4.42. The Labute approximate surface area is 121 Å². The lowest BCUT2D eigenvalue weighted by atomic mass is 10.1. The maximum atomic E-state index is 12.1. The first-order valence-corrected chi connectivity index (χ1v) is 6.76. The molecule has 1 saturated heterocycles. The Morgan fingerprint density at radius 2 is 2.05 bits per heavy atom. The van der Waals surface area contributed by atoms with Crippen molar-refractivity contribution in [3.8, 4) is 0 Å². The van der Waals surface area contributed by atoms with Gasteiger partial charge in [0.2, 0.25) is 5.91 Å². The number of hydrogen-bond acceptors (Lipinski definition) is 3. The first kappa shape index (κ1) is 14.3. The number of nitrogens with two attached hydrogens (primary N) is 1. The van der Waals surface area contributed by atoms with E-state index in [-0.39, 0.29) is 24.3 Å². The molecule has 6 heteroatoms. The fraction of sp³-hybridized carbons (Fsp3) is 0.385. The van der Waals surface area contributed by atoms with Crippen LogP contribution in [0.5, 0.6) is 0 Å². The van der Waals surface area contributed by atoms with Gasteiger partial charge in [0, 0.05) is 5.56 Å². The molecule has 0 radical (unpaired) electrons. The van der Waals surface area contributed by atoms with Crippen LogP contribution in [0.2, 0.25) is 10.0 Å². The van der Waals surface area contributed by atoms with E-state index in [2.05, 4.69) is 0 Å². The lowest BCUT2D eigenvalue weighted by molar-refractivity contribution is -0.122. The van der Waals surface area contributed by atoms with Crippen molar-refractivity contribution in [2.45, 2.75) is 18.9 Å². The lowest BCUT2D eigenvalue weighted by Crippen LogP contribution is -2.42. The number of primary amides is 1. The van der Waals surface area contributed by atoms with Gasteiger partial charge in [-0.15, -0.1) is 0 Å². The first-order valence-electron chi connectivity index (χ1n) is 6.00. The second-order valence-electron chi connectivity index (χ2n) is 4.58. The standard InChI is InChI=1S/C13H14Cl2N2O2/c14-9-4-3-8(6-10(9)15)12(18)7-17-5-1-2-11(17)13(16)19/h3-4,6,11H,1-2,5,7H2,(H2,16,19). The largest absolute Gasteiger partial charge is 0.368 e. The minimum atomic E-state index is -0.376. The molecule has 19 heavy (non-hydrogen) atoms. The van der Waals surface area contributed by atoms with Crippen LogP contribution in [0.1, 0.15) is 23.2 Å². The van der Waals surface area contributed by atoms with Gasteiger partial charge in [-0.1, -0.05) is 23.2 Å². The molecule has 2 N–H and O–H groups in total. The summed E-state index contributed by atoms with van der Waals surface area (Å²) in [5, 5.41) is 0.759. The van der Waals surface area contributed by atoms with Crippen molar-refractivity contribution in [3.05, 3.63) is 33.8 Å². The van der Waals surface area contributed by atoms with Crippen molar-refractivity contribution in [1.29, 1.82) is 0 Å². The Balaban J connectivity index is 2.08. The number of nitrogens with zero attached hydrogens (tertiary/aromatic N) is 1. The van der Waals surface area contributed by atoms with Crippen LogP contribution in [0, 0.1) is 0 Å². The number of likely N-dealkylation sites (tertiary alicyclic amines) is 1. The molecule has 0 aliphatic carbocycles. The highest BCUT2D eigenvalue weighted by atomic mass is 35.5. The van der Waals surface area contributed by atoms with Gasteiger partial charge in [0.25, 0.3) is 0 Å². The third-order valence-corrected chi connectivity index (χ3v) is 4.02. The number of carbonyl (C=O) groups is 2. The Bertz CT molecular complexity index is 519. The maximum Gasteiger partial charge on any atom is 0.234 e. The minimum absolute atomic E-state index is 0.0910. The molecule has 4 nitrogen and oxygen atoms in total. The van der Waals surface area contributed by atoms with E-state index >= 15 is 0 Å². The zero-order valence-electron chi connectivity index (χ0n) is 10.2. The molecule has 1 aromatic carbocycles. The Morgan fingerprint density at radius 1 is 1.32 bits per heavy atom. The monoisotopic (exact) mass is 300 g/mol. The second-order valence-corrected chi connectivity index (χ2v) is 5.40. The van der Waals surface area contributed by atoms with Crippen molar-refractivity contribution >= 4 is 34.9 Å². The highest BCUT2D eigenvalue weighted by Gasteiger charge is 2.30. The van der Waals surface area contributed by atoms with E-state index in [0.29, 0.717) is 28.6 Å². The number of Topliss-reactive ketones (excluding diaryl/α,β-unsaturated/α-hetero) is 1. The van der Waals surface area contributed by atoms with Gasteiger partial charge in [-0.2, -0.15) is 0 Å². The van der Waals surface area contributed by atoms with Crippen LogP contribution in [0.4, 0.5) is 0 Å². The molecule has 1 fully saturated rings. The Kier molecular flexibility index (Phi) is 4.45. The molecule has 0 spiro atoms. The van der Waals surface area contributed by atoms with E-state index in [1.807, 2.05) is 4.90 Å². The minimum Gasteiger partial charge on any atom is -0.368 e. The normalized spacial score (nSPS) is 19.6. The van der Waals surface area contributed by atoms with Gasteiger partial charge in [0.1, 0.15) is 0 Å². The molecule has 102 valence electrons. The van der Waals surface area contributed by atoms with Crippen LogP contribution < -0.4 is 5.73 Å². The molecule has 1 aliphatic rings. The summed E-state index contributed by atoms with van der Waals surface area (Å²) in [6.07, 6.45) is 1.59. The maximum absolute atomic E-state index is 12.1. The van der Waals surface area contributed by atoms with Gasteiger partial charge in [0.05, 0.1) is 22.6 Å². The highest BCUT2D eigenvalue weighted by Crippen LogP contribution is 2.23. The molecule has 1 heterocycles. The van der Waals surface area contributed by atoms with Gasteiger partial charge in [-0.05, 0) is 37.6 Å². The molecule has 1 aliphatic heterocycles. The fourth-order valence-electron chi connectivity index (χ4n) is 2.28. The quantitative estimate of drug-likeness (QED) is 0.867. The van der Waals surface area contributed by atoms with Gasteiger partial charge < -0.3 is 5.73 Å². The average molecular weight is 301 g/mol. The predicted octanol–water partition coefficient (Wildman–Crippen LogP) is 2.13. The van der Waals surface area contributed by atoms with E-state index in [0.717, 1.165) is 6.42 Å². The summed E-state index contributed by atoms with van der Waals surface area (Å²) in [4.78, 5) is 25.2. The van der Waals surface area contributed by atoms with E-state index in [1.54, 1.807) is 18.2 Å². The van der Waals surface area contributed by atoms with E-state index in [1.165, 1.54) is 0 Å². The summed E-state index contributed by atoms with van der Waals surface area (Å²) in [6.45, 7) is 0.881. The first-order chi connectivity index (χ1) is 8.99. The molecule has 2 rings (SSSR count). The second kappa shape index (κ2) is 5.90. The van der Waals surface area contributed by atoms with Gasteiger partial charge in [-0.25, -0.2) is 0 Å². The smallest absolute Gasteiger partial charge is 0.234 e. The lowest BCUT2D eigenvalue weighted by Gasteiger charge is -2.20. The number of amides is 1. The average Bonchev–Trinajstić information content (AvgIpc) is 2.80. The fourth-order valence-corrected chi connectivity index (χ4v) is 2.58. The molecule has 1 amide bonds. The Morgan fingerprint density at radius 3 is 2.68 bits per heavy atom. The number of ketones is 1. The van der Waals surface area contributed by atoms with Crippen LogP contribution in [0.25, 0.3) is 0 Å². The van der Waals surface area contributed by atoms with Crippen LogP contribution >= 0.6 is 23.2 Å². The summed E-state index contributed by atoms with van der Waals surface area (Å²) in [7, 11) is 0. The van der Waals surface area contributed by atoms with Gasteiger partial charge in [-0.3, -0.25) is 14.5 Å². The Hall–Kier alpha value is -1.10. The molecule has 1 atom stereocenters. The molecule has 0 bridgehead atoms. The SMILES string of the molecule is NC(=O)C1CCCN1CC(=O)c1ccc(Cl)c(Cl)c1. The van der Waals surface area contributed by atoms with Crippen molar-refractivity contribution < 1.29 is 9.59 Å². The molecule has 0 saturated carbocycles. The third-order valence-electron chi connectivity index (χ3n) is 3.28. The number of halogens is 2. The number of rotatable bonds is 4. The van der Waals surface area contributed by atoms with Crippen LogP contribution in [-0.2, 0) is 4.79 Å². The topological polar surface area (TPSA) is 63.4 Å². The van der Waals surface area contributed by atoms with E-state index in [4.69, 9.17) is 28.9 Å². The van der Waals surface area contributed by atoms with Crippen molar-refractivity contribution in [1.82, 2.24) is 4.90 Å². The molecular formula is C13H14Cl2N2O2. The molecule has 1 aromatic rings. The summed E-state index contributed by atoms with van der Waals surface area (Å²) in [5.41, 5.74) is 5.81. The summed E-state index contributed by atoms with van der Waals surface area (Å²) < 4.78 is 0. The highest BCUT2D eigenvalue weighted by molar-refractivity contribution is 6.42. The zero-order chi connectivity index (χ0) is 14.0. The van der Waals surface area contributed by atoms with Crippen LogP contribution in [0.15, 0.2) is 18.2 Å². The number of carbonyl (C=O) groups excluding carboxylic acids is 2. The third kappa shape index (κ3) is 3.26. The summed E-state index contributed by atoms with van der Waals surface area (Å²) >= 11 is 11.7. The van der Waals surface area contributed by atoms with Crippen LogP contribution in [-0.4, -0.2) is 35.7 Å². The van der Waals surface area contributed by atoms with E-state index in [9.17, 15) is 9.59 Å². The number of hydrogen-bond donors (Lipinski definition) is 1. The molecular weight excluding hydrogens is 287 g/mol.